The van der Waals surface area contributed by atoms with Gasteiger partial charge in [0, 0.05) is 18.5 Å². The zero-order valence-electron chi connectivity index (χ0n) is 14.4. The van der Waals surface area contributed by atoms with Crippen LogP contribution < -0.4 is 0 Å². The predicted molar refractivity (Wildman–Crippen MR) is 100 cm³/mol. The maximum atomic E-state index is 12.7. The summed E-state index contributed by atoms with van der Waals surface area (Å²) < 4.78 is 1.99. The molecule has 2 aromatic carbocycles. The summed E-state index contributed by atoms with van der Waals surface area (Å²) in [6, 6.07) is 15.9. The Labute approximate surface area is 145 Å². The third kappa shape index (κ3) is 2.52. The highest BCUT2D eigenvalue weighted by Gasteiger charge is 2.18. The smallest absolute Gasteiger partial charge is 0.242 e. The maximum absolute atomic E-state index is 12.7. The van der Waals surface area contributed by atoms with Crippen molar-refractivity contribution in [1.82, 2.24) is 19.4 Å². The Morgan fingerprint density at radius 1 is 0.960 bits per heavy atom. The molecule has 0 unspecified atom stereocenters. The molecular formula is C20H20N4O. The van der Waals surface area contributed by atoms with E-state index in [1.165, 1.54) is 0 Å². The number of rotatable bonds is 4. The second-order valence-corrected chi connectivity index (χ2v) is 6.05. The van der Waals surface area contributed by atoms with Gasteiger partial charge >= 0.3 is 0 Å². The second-order valence-electron chi connectivity index (χ2n) is 6.05. The summed E-state index contributed by atoms with van der Waals surface area (Å²) in [4.78, 5) is 24.1. The van der Waals surface area contributed by atoms with Gasteiger partial charge in [0.25, 0.3) is 0 Å². The molecule has 4 rings (SSSR count). The lowest BCUT2D eigenvalue weighted by Gasteiger charge is -2.19. The Morgan fingerprint density at radius 3 is 2.32 bits per heavy atom. The fourth-order valence-electron chi connectivity index (χ4n) is 3.35. The Hall–Kier alpha value is -2.95. The van der Waals surface area contributed by atoms with Crippen LogP contribution in [0.4, 0.5) is 0 Å². The van der Waals surface area contributed by atoms with E-state index in [1.807, 2.05) is 71.8 Å². The van der Waals surface area contributed by atoms with Gasteiger partial charge in [0.2, 0.25) is 5.91 Å². The van der Waals surface area contributed by atoms with Gasteiger partial charge in [-0.2, -0.15) is 0 Å². The molecule has 25 heavy (non-hydrogen) atoms. The molecule has 1 amide bonds. The van der Waals surface area contributed by atoms with Crippen molar-refractivity contribution in [2.45, 2.75) is 20.4 Å². The number of hydrogen-bond acceptors (Lipinski definition) is 3. The van der Waals surface area contributed by atoms with Crippen molar-refractivity contribution in [1.29, 1.82) is 0 Å². The molecule has 0 aliphatic rings. The molecule has 0 fully saturated rings. The molecule has 5 heteroatoms. The molecule has 2 aromatic heterocycles. The lowest BCUT2D eigenvalue weighted by atomic mass is 10.2. The summed E-state index contributed by atoms with van der Waals surface area (Å²) in [5.74, 6) is 0.0996. The molecule has 126 valence electrons. The molecule has 0 bridgehead atoms. The van der Waals surface area contributed by atoms with Gasteiger partial charge < -0.3 is 9.47 Å². The number of para-hydroxylation sites is 3. The molecule has 0 spiro atoms. The van der Waals surface area contributed by atoms with Gasteiger partial charge in [0.05, 0.1) is 16.6 Å². The molecule has 0 saturated heterocycles. The average Bonchev–Trinajstić information content (AvgIpc) is 2.94. The summed E-state index contributed by atoms with van der Waals surface area (Å²) in [6.07, 6.45) is 0. The summed E-state index contributed by atoms with van der Waals surface area (Å²) in [5.41, 5.74) is 4.32. The highest BCUT2D eigenvalue weighted by molar-refractivity contribution is 6.07. The van der Waals surface area contributed by atoms with E-state index in [2.05, 4.69) is 0 Å². The van der Waals surface area contributed by atoms with Crippen molar-refractivity contribution in [3.05, 3.63) is 48.5 Å². The van der Waals surface area contributed by atoms with Crippen molar-refractivity contribution in [2.24, 2.45) is 0 Å². The van der Waals surface area contributed by atoms with Crippen LogP contribution in [0.2, 0.25) is 0 Å². The van der Waals surface area contributed by atoms with Gasteiger partial charge in [-0.25, -0.2) is 9.97 Å². The van der Waals surface area contributed by atoms with E-state index in [0.29, 0.717) is 13.1 Å². The molecule has 4 aromatic rings. The fraction of sp³-hybridized carbons (Fsp3) is 0.250. The first kappa shape index (κ1) is 15.6. The summed E-state index contributed by atoms with van der Waals surface area (Å²) in [6.45, 7) is 5.70. The Bertz CT molecular complexity index is 1080. The minimum atomic E-state index is 0.0996. The van der Waals surface area contributed by atoms with Crippen molar-refractivity contribution in [2.75, 3.05) is 13.1 Å². The van der Waals surface area contributed by atoms with E-state index in [4.69, 9.17) is 9.97 Å². The van der Waals surface area contributed by atoms with E-state index in [9.17, 15) is 4.79 Å². The third-order valence-electron chi connectivity index (χ3n) is 4.67. The zero-order valence-corrected chi connectivity index (χ0v) is 14.4. The van der Waals surface area contributed by atoms with Gasteiger partial charge in [0.1, 0.15) is 12.1 Å². The Morgan fingerprint density at radius 2 is 1.60 bits per heavy atom. The minimum Gasteiger partial charge on any atom is -0.342 e. The SMILES string of the molecule is CCN(CC)C(=O)Cn1c2ccccc2c2nc3ccccc3nc21. The number of likely N-dealkylation sites (N-methyl/N-ethyl adjacent to an activating group) is 1. The Kier molecular flexibility index (Phi) is 3.84. The third-order valence-corrected chi connectivity index (χ3v) is 4.67. The molecule has 5 nitrogen and oxygen atoms in total. The van der Waals surface area contributed by atoms with Crippen molar-refractivity contribution >= 4 is 39.0 Å². The van der Waals surface area contributed by atoms with Crippen molar-refractivity contribution in [3.8, 4) is 0 Å². The van der Waals surface area contributed by atoms with E-state index in [1.54, 1.807) is 0 Å². The largest absolute Gasteiger partial charge is 0.342 e. The van der Waals surface area contributed by atoms with Crippen LogP contribution in [0.1, 0.15) is 13.8 Å². The van der Waals surface area contributed by atoms with Crippen molar-refractivity contribution < 1.29 is 4.79 Å². The number of nitrogens with zero attached hydrogens (tertiary/aromatic N) is 4. The van der Waals surface area contributed by atoms with Crippen LogP contribution in [0.3, 0.4) is 0 Å². The normalized spacial score (nSPS) is 11.4. The molecule has 0 aliphatic carbocycles. The lowest BCUT2D eigenvalue weighted by Crippen LogP contribution is -2.33. The van der Waals surface area contributed by atoms with E-state index < -0.39 is 0 Å². The second kappa shape index (κ2) is 6.16. The number of carbonyl (C=O) groups excluding carboxylic acids is 1. The van der Waals surface area contributed by atoms with Gasteiger partial charge in [0.15, 0.2) is 5.65 Å². The number of hydrogen-bond donors (Lipinski definition) is 0. The zero-order chi connectivity index (χ0) is 17.4. The number of aromatic nitrogens is 3. The monoisotopic (exact) mass is 332 g/mol. The molecule has 0 radical (unpaired) electrons. The van der Waals surface area contributed by atoms with Crippen LogP contribution in [0, 0.1) is 0 Å². The minimum absolute atomic E-state index is 0.0996. The first-order valence-electron chi connectivity index (χ1n) is 8.64. The highest BCUT2D eigenvalue weighted by Crippen LogP contribution is 2.28. The average molecular weight is 332 g/mol. The molecule has 0 saturated carbocycles. The van der Waals surface area contributed by atoms with E-state index in [0.717, 1.165) is 33.1 Å². The van der Waals surface area contributed by atoms with Gasteiger partial charge in [-0.3, -0.25) is 4.79 Å². The summed E-state index contributed by atoms with van der Waals surface area (Å²) in [7, 11) is 0. The first-order valence-corrected chi connectivity index (χ1v) is 8.64. The summed E-state index contributed by atoms with van der Waals surface area (Å²) in [5, 5.41) is 1.03. The molecule has 0 atom stereocenters. The van der Waals surface area contributed by atoms with E-state index >= 15 is 0 Å². The predicted octanol–water partition coefficient (Wildman–Crippen LogP) is 3.61. The molecular weight excluding hydrogens is 312 g/mol. The first-order chi connectivity index (χ1) is 12.2. The number of benzene rings is 2. The van der Waals surface area contributed by atoms with Gasteiger partial charge in [-0.15, -0.1) is 0 Å². The maximum Gasteiger partial charge on any atom is 0.242 e. The van der Waals surface area contributed by atoms with Crippen LogP contribution in [-0.4, -0.2) is 38.4 Å². The number of amides is 1. The van der Waals surface area contributed by atoms with Crippen LogP contribution in [-0.2, 0) is 11.3 Å². The van der Waals surface area contributed by atoms with Crippen LogP contribution in [0.5, 0.6) is 0 Å². The Balaban J connectivity index is 1.97. The fourth-order valence-corrected chi connectivity index (χ4v) is 3.35. The van der Waals surface area contributed by atoms with Crippen molar-refractivity contribution in [3.63, 3.8) is 0 Å². The van der Waals surface area contributed by atoms with Crippen LogP contribution in [0.15, 0.2) is 48.5 Å². The molecule has 0 aliphatic heterocycles. The van der Waals surface area contributed by atoms with Crippen LogP contribution in [0.25, 0.3) is 33.1 Å². The quantitative estimate of drug-likeness (QED) is 0.574. The number of fused-ring (bicyclic) bond motifs is 4. The topological polar surface area (TPSA) is 51.0 Å². The summed E-state index contributed by atoms with van der Waals surface area (Å²) >= 11 is 0. The molecule has 2 heterocycles. The van der Waals surface area contributed by atoms with Gasteiger partial charge in [-0.05, 0) is 32.0 Å². The lowest BCUT2D eigenvalue weighted by molar-refractivity contribution is -0.131. The van der Waals surface area contributed by atoms with Crippen LogP contribution >= 0.6 is 0 Å². The van der Waals surface area contributed by atoms with Gasteiger partial charge in [-0.1, -0.05) is 30.3 Å². The number of carbonyl (C=O) groups is 1. The standard InChI is InChI=1S/C20H20N4O/c1-3-23(4-2)18(25)13-24-17-12-8-5-9-14(17)19-20(24)22-16-11-7-6-10-15(16)21-19/h5-12H,3-4,13H2,1-2H3. The van der Waals surface area contributed by atoms with E-state index in [-0.39, 0.29) is 12.5 Å². The highest BCUT2D eigenvalue weighted by atomic mass is 16.2. The molecule has 0 N–H and O–H groups in total.